The van der Waals surface area contributed by atoms with Crippen molar-refractivity contribution in [3.8, 4) is 0 Å². The minimum Gasteiger partial charge on any atom is -0.462 e. The Kier molecular flexibility index (Phi) is 7.70. The van der Waals surface area contributed by atoms with Gasteiger partial charge in [0.2, 0.25) is 0 Å². The van der Waals surface area contributed by atoms with Crippen molar-refractivity contribution in [2.45, 2.75) is 43.9 Å². The third-order valence-corrected chi connectivity index (χ3v) is 4.66. The first-order valence-electron chi connectivity index (χ1n) is 6.77. The number of carbonyl (C=O) groups is 1. The van der Waals surface area contributed by atoms with Crippen molar-refractivity contribution in [1.82, 2.24) is 0 Å². The van der Waals surface area contributed by atoms with Gasteiger partial charge in [0, 0.05) is 15.2 Å². The van der Waals surface area contributed by atoms with Crippen LogP contribution in [-0.4, -0.2) is 21.0 Å². The second-order valence-electron chi connectivity index (χ2n) is 4.66. The maximum atomic E-state index is 11.9. The monoisotopic (exact) mass is 396 g/mol. The Morgan fingerprint density at radius 2 is 1.86 bits per heavy atom. The molecule has 0 bridgehead atoms. The van der Waals surface area contributed by atoms with Crippen LogP contribution in [0.3, 0.4) is 0 Å². The number of halogens is 2. The summed E-state index contributed by atoms with van der Waals surface area (Å²) in [6.45, 7) is 2.47. The zero-order valence-corrected chi connectivity index (χ0v) is 14.9. The fourth-order valence-corrected chi connectivity index (χ4v) is 3.22. The zero-order chi connectivity index (χ0) is 15.9. The molecule has 118 valence electrons. The van der Waals surface area contributed by atoms with Crippen LogP contribution in [0.4, 0.5) is 0 Å². The van der Waals surface area contributed by atoms with Gasteiger partial charge in [-0.1, -0.05) is 48.5 Å². The highest BCUT2D eigenvalue weighted by molar-refractivity contribution is 9.10. The predicted molar refractivity (Wildman–Crippen MR) is 86.2 cm³/mol. The lowest BCUT2D eigenvalue weighted by Gasteiger charge is -2.06. The third kappa shape index (κ3) is 6.80. The van der Waals surface area contributed by atoms with E-state index in [0.29, 0.717) is 11.1 Å². The van der Waals surface area contributed by atoms with Gasteiger partial charge in [0.15, 0.2) is 0 Å². The number of hydrogen-bond donors (Lipinski definition) is 0. The highest BCUT2D eigenvalue weighted by atomic mass is 79.9. The van der Waals surface area contributed by atoms with Gasteiger partial charge in [-0.25, -0.2) is 13.2 Å². The lowest BCUT2D eigenvalue weighted by Crippen LogP contribution is -2.07. The molecule has 0 spiro atoms. The van der Waals surface area contributed by atoms with Crippen molar-refractivity contribution >= 4 is 41.6 Å². The fraction of sp³-hybridized carbons (Fsp3) is 0.500. The number of rotatable bonds is 8. The van der Waals surface area contributed by atoms with E-state index in [9.17, 15) is 13.2 Å². The quantitative estimate of drug-likeness (QED) is 0.368. The van der Waals surface area contributed by atoms with Crippen LogP contribution in [0.1, 0.15) is 49.4 Å². The van der Waals surface area contributed by atoms with Gasteiger partial charge in [0.1, 0.15) is 0 Å². The second kappa shape index (κ2) is 8.76. The van der Waals surface area contributed by atoms with Gasteiger partial charge in [0.25, 0.3) is 9.05 Å². The normalized spacial score (nSPS) is 11.4. The summed E-state index contributed by atoms with van der Waals surface area (Å²) in [5, 5.41) is 0. The van der Waals surface area contributed by atoms with Crippen LogP contribution in [0.15, 0.2) is 27.6 Å². The molecule has 1 rings (SSSR count). The van der Waals surface area contributed by atoms with Gasteiger partial charge < -0.3 is 4.74 Å². The average molecular weight is 398 g/mol. The summed E-state index contributed by atoms with van der Waals surface area (Å²) >= 11 is 3.15. The minimum absolute atomic E-state index is 0.131. The Bertz CT molecular complexity index is 587. The highest BCUT2D eigenvalue weighted by Crippen LogP contribution is 2.23. The maximum Gasteiger partial charge on any atom is 0.338 e. The second-order valence-corrected chi connectivity index (χ2v) is 8.15. The van der Waals surface area contributed by atoms with E-state index in [0.717, 1.165) is 25.7 Å². The molecule has 0 saturated heterocycles. The molecule has 21 heavy (non-hydrogen) atoms. The van der Waals surface area contributed by atoms with Crippen LogP contribution in [0.5, 0.6) is 0 Å². The van der Waals surface area contributed by atoms with Crippen molar-refractivity contribution in [2.24, 2.45) is 0 Å². The van der Waals surface area contributed by atoms with Gasteiger partial charge in [0.05, 0.1) is 17.1 Å². The molecule has 0 radical (unpaired) electrons. The maximum absolute atomic E-state index is 11.9. The van der Waals surface area contributed by atoms with E-state index in [1.807, 2.05) is 0 Å². The number of esters is 1. The summed E-state index contributed by atoms with van der Waals surface area (Å²) in [6, 6.07) is 4.06. The Labute approximate surface area is 138 Å². The van der Waals surface area contributed by atoms with E-state index in [2.05, 4.69) is 22.9 Å². The summed E-state index contributed by atoms with van der Waals surface area (Å²) in [5.74, 6) is -0.548. The van der Waals surface area contributed by atoms with Crippen molar-refractivity contribution in [1.29, 1.82) is 0 Å². The summed E-state index contributed by atoms with van der Waals surface area (Å²) in [4.78, 5) is 11.8. The summed E-state index contributed by atoms with van der Waals surface area (Å²) in [7, 11) is 1.40. The Hall–Kier alpha value is -0.590. The first-order valence-corrected chi connectivity index (χ1v) is 9.87. The SMILES string of the molecule is CCCCCCCOC(=O)c1cc(Br)cc(S(=O)(=O)Cl)c1. The lowest BCUT2D eigenvalue weighted by molar-refractivity contribution is 0.0497. The molecule has 0 amide bonds. The third-order valence-electron chi connectivity index (χ3n) is 2.87. The number of benzene rings is 1. The molecule has 0 N–H and O–H groups in total. The van der Waals surface area contributed by atoms with Gasteiger partial charge in [-0.15, -0.1) is 0 Å². The Morgan fingerprint density at radius 1 is 1.19 bits per heavy atom. The Morgan fingerprint density at radius 3 is 2.48 bits per heavy atom. The summed E-state index contributed by atoms with van der Waals surface area (Å²) < 4.78 is 28.2. The van der Waals surface area contributed by atoms with Gasteiger partial charge >= 0.3 is 5.97 Å². The number of carbonyl (C=O) groups excluding carboxylic acids is 1. The van der Waals surface area contributed by atoms with Crippen LogP contribution in [0, 0.1) is 0 Å². The van der Waals surface area contributed by atoms with E-state index >= 15 is 0 Å². The average Bonchev–Trinajstić information content (AvgIpc) is 2.40. The molecule has 0 unspecified atom stereocenters. The Balaban J connectivity index is 2.60. The fourth-order valence-electron chi connectivity index (χ4n) is 1.78. The molecule has 0 atom stereocenters. The van der Waals surface area contributed by atoms with Crippen molar-refractivity contribution in [3.63, 3.8) is 0 Å². The molecule has 0 heterocycles. The summed E-state index contributed by atoms with van der Waals surface area (Å²) in [6.07, 6.45) is 5.28. The molecule has 0 saturated carbocycles. The summed E-state index contributed by atoms with van der Waals surface area (Å²) in [5.41, 5.74) is 0.164. The molecule has 4 nitrogen and oxygen atoms in total. The van der Waals surface area contributed by atoms with E-state index in [1.165, 1.54) is 24.6 Å². The van der Waals surface area contributed by atoms with Crippen molar-refractivity contribution in [3.05, 3.63) is 28.2 Å². The van der Waals surface area contributed by atoms with Crippen molar-refractivity contribution in [2.75, 3.05) is 6.61 Å². The molecule has 1 aromatic carbocycles. The largest absolute Gasteiger partial charge is 0.462 e. The first kappa shape index (κ1) is 18.5. The highest BCUT2D eigenvalue weighted by Gasteiger charge is 2.16. The van der Waals surface area contributed by atoms with Crippen LogP contribution in [0.2, 0.25) is 0 Å². The van der Waals surface area contributed by atoms with Crippen LogP contribution < -0.4 is 0 Å². The molecular weight excluding hydrogens is 380 g/mol. The smallest absolute Gasteiger partial charge is 0.338 e. The molecule has 0 fully saturated rings. The van der Waals surface area contributed by atoms with Gasteiger partial charge in [-0.05, 0) is 24.6 Å². The van der Waals surface area contributed by atoms with Gasteiger partial charge in [-0.2, -0.15) is 0 Å². The van der Waals surface area contributed by atoms with E-state index in [1.54, 1.807) is 0 Å². The zero-order valence-electron chi connectivity index (χ0n) is 11.8. The molecule has 1 aromatic rings. The standard InChI is InChI=1S/C14H18BrClO4S/c1-2-3-4-5-6-7-20-14(17)11-8-12(15)10-13(9-11)21(16,18)19/h8-10H,2-7H2,1H3. The predicted octanol–water partition coefficient (Wildman–Crippen LogP) is 4.50. The molecule has 0 aliphatic carbocycles. The van der Waals surface area contributed by atoms with E-state index in [4.69, 9.17) is 15.4 Å². The molecule has 0 aromatic heterocycles. The number of hydrogen-bond acceptors (Lipinski definition) is 4. The van der Waals surface area contributed by atoms with E-state index in [-0.39, 0.29) is 10.5 Å². The minimum atomic E-state index is -3.88. The molecule has 7 heteroatoms. The molecular formula is C14H18BrClO4S. The number of ether oxygens (including phenoxy) is 1. The number of unbranched alkanes of at least 4 members (excludes halogenated alkanes) is 4. The van der Waals surface area contributed by atoms with Crippen LogP contribution in [0.25, 0.3) is 0 Å². The molecule has 0 aliphatic rings. The molecule has 0 aliphatic heterocycles. The van der Waals surface area contributed by atoms with Crippen molar-refractivity contribution < 1.29 is 17.9 Å². The van der Waals surface area contributed by atoms with Crippen LogP contribution in [-0.2, 0) is 13.8 Å². The topological polar surface area (TPSA) is 60.4 Å². The van der Waals surface area contributed by atoms with Crippen LogP contribution >= 0.6 is 26.6 Å². The first-order chi connectivity index (χ1) is 9.84. The lowest BCUT2D eigenvalue weighted by atomic mass is 10.2. The van der Waals surface area contributed by atoms with E-state index < -0.39 is 15.0 Å². The van der Waals surface area contributed by atoms with Gasteiger partial charge in [-0.3, -0.25) is 0 Å².